The number of carboxylic acids is 1. The Morgan fingerprint density at radius 2 is 2.37 bits per heavy atom. The molecule has 0 aliphatic heterocycles. The van der Waals surface area contributed by atoms with E-state index in [0.717, 1.165) is 11.1 Å². The zero-order valence-electron chi connectivity index (χ0n) is 10.1. The highest BCUT2D eigenvalue weighted by molar-refractivity contribution is 6.03. The highest BCUT2D eigenvalue weighted by Gasteiger charge is 2.09. The van der Waals surface area contributed by atoms with Gasteiger partial charge in [0.25, 0.3) is 0 Å². The number of fused-ring (bicyclic) bond motifs is 1. The Labute approximate surface area is 109 Å². The Hall–Kier alpha value is -2.72. The number of nitrogens with one attached hydrogen (secondary N) is 1. The van der Waals surface area contributed by atoms with Crippen LogP contribution in [0.4, 0.5) is 0 Å². The first-order valence-corrected chi connectivity index (χ1v) is 5.74. The third-order valence-corrected chi connectivity index (χ3v) is 2.71. The van der Waals surface area contributed by atoms with Crippen molar-refractivity contribution in [1.82, 2.24) is 4.98 Å². The fourth-order valence-electron chi connectivity index (χ4n) is 1.82. The Morgan fingerprint density at radius 1 is 1.53 bits per heavy atom. The topological polar surface area (TPSA) is 102 Å². The maximum absolute atomic E-state index is 11.0. The van der Waals surface area contributed by atoms with E-state index in [0.29, 0.717) is 18.4 Å². The van der Waals surface area contributed by atoms with E-state index in [9.17, 15) is 4.79 Å². The minimum Gasteiger partial charge on any atom is -0.478 e. The molecule has 6 heteroatoms. The van der Waals surface area contributed by atoms with Crippen molar-refractivity contribution >= 4 is 22.9 Å². The predicted octanol–water partition coefficient (Wildman–Crippen LogP) is 3.58. The maximum Gasteiger partial charge on any atom is 0.337 e. The van der Waals surface area contributed by atoms with Gasteiger partial charge in [0.1, 0.15) is 0 Å². The van der Waals surface area contributed by atoms with Crippen LogP contribution in [0.3, 0.4) is 0 Å². The monoisotopic (exact) mass is 256 g/mol. The van der Waals surface area contributed by atoms with Crippen LogP contribution in [0.5, 0.6) is 0 Å². The van der Waals surface area contributed by atoms with Crippen LogP contribution in [0.15, 0.2) is 35.6 Å². The van der Waals surface area contributed by atoms with Crippen LogP contribution in [-0.4, -0.2) is 22.6 Å². The fraction of sp³-hybridized carbons (Fsp3) is 0.154. The summed E-state index contributed by atoms with van der Waals surface area (Å²) in [7, 11) is 0. The summed E-state index contributed by atoms with van der Waals surface area (Å²) in [6, 6.07) is 5.56. The molecule has 0 atom stereocenters. The lowest BCUT2D eigenvalue weighted by Crippen LogP contribution is -1.93. The molecule has 0 bridgehead atoms. The van der Waals surface area contributed by atoms with Gasteiger partial charge in [0.15, 0.2) is 0 Å². The number of H-pyrrole nitrogens is 1. The molecule has 1 aromatic heterocycles. The molecule has 1 heterocycles. The van der Waals surface area contributed by atoms with E-state index in [1.54, 1.807) is 0 Å². The van der Waals surface area contributed by atoms with E-state index in [-0.39, 0.29) is 5.56 Å². The zero-order valence-corrected chi connectivity index (χ0v) is 10.1. The molecular weight excluding hydrogens is 244 g/mol. The van der Waals surface area contributed by atoms with Crippen LogP contribution >= 0.6 is 0 Å². The van der Waals surface area contributed by atoms with Crippen LogP contribution in [0.1, 0.15) is 22.3 Å². The maximum atomic E-state index is 11.0. The highest BCUT2D eigenvalue weighted by Crippen LogP contribution is 2.20. The number of hydrogen-bond donors (Lipinski definition) is 2. The highest BCUT2D eigenvalue weighted by atomic mass is 16.4. The van der Waals surface area contributed by atoms with Crippen molar-refractivity contribution < 1.29 is 9.90 Å². The number of rotatable bonds is 5. The van der Waals surface area contributed by atoms with Crippen molar-refractivity contribution in [3.63, 3.8) is 0 Å². The molecule has 0 amide bonds. The van der Waals surface area contributed by atoms with Crippen LogP contribution in [0.25, 0.3) is 27.4 Å². The van der Waals surface area contributed by atoms with E-state index in [2.05, 4.69) is 15.0 Å². The zero-order chi connectivity index (χ0) is 13.7. The molecule has 0 saturated heterocycles. The lowest BCUT2D eigenvalue weighted by atomic mass is 10.1. The molecule has 0 unspecified atom stereocenters. The minimum atomic E-state index is -0.948. The van der Waals surface area contributed by atoms with Crippen molar-refractivity contribution in [2.75, 3.05) is 6.54 Å². The van der Waals surface area contributed by atoms with Crippen molar-refractivity contribution in [2.24, 2.45) is 5.11 Å². The Kier molecular flexibility index (Phi) is 3.85. The first-order valence-electron chi connectivity index (χ1n) is 5.74. The second-order valence-corrected chi connectivity index (χ2v) is 3.96. The molecule has 0 saturated carbocycles. The van der Waals surface area contributed by atoms with Gasteiger partial charge < -0.3 is 10.1 Å². The van der Waals surface area contributed by atoms with Gasteiger partial charge in [-0.25, -0.2) is 4.79 Å². The summed E-state index contributed by atoms with van der Waals surface area (Å²) in [5.74, 6) is -0.948. The summed E-state index contributed by atoms with van der Waals surface area (Å²) in [4.78, 5) is 16.6. The van der Waals surface area contributed by atoms with Gasteiger partial charge in [-0.2, -0.15) is 0 Å². The molecule has 19 heavy (non-hydrogen) atoms. The first kappa shape index (κ1) is 12.7. The molecule has 2 aromatic rings. The smallest absolute Gasteiger partial charge is 0.337 e. The first-order chi connectivity index (χ1) is 9.22. The Balaban J connectivity index is 2.22. The molecule has 2 N–H and O–H groups in total. The third kappa shape index (κ3) is 2.94. The largest absolute Gasteiger partial charge is 0.478 e. The third-order valence-electron chi connectivity index (χ3n) is 2.71. The van der Waals surface area contributed by atoms with Crippen LogP contribution in [-0.2, 0) is 0 Å². The molecule has 6 nitrogen and oxygen atoms in total. The van der Waals surface area contributed by atoms with Crippen molar-refractivity contribution in [3.8, 4) is 0 Å². The second kappa shape index (κ2) is 5.75. The number of nitrogens with zero attached hydrogens (tertiary/aromatic N) is 3. The number of carboxylic acid groups (broad SMARTS) is 1. The predicted molar refractivity (Wildman–Crippen MR) is 72.9 cm³/mol. The van der Waals surface area contributed by atoms with E-state index >= 15 is 0 Å². The van der Waals surface area contributed by atoms with Crippen LogP contribution in [0.2, 0.25) is 0 Å². The van der Waals surface area contributed by atoms with E-state index < -0.39 is 5.97 Å². The number of hydrogen-bond acceptors (Lipinski definition) is 2. The molecule has 96 valence electrons. The van der Waals surface area contributed by atoms with E-state index in [1.807, 2.05) is 30.4 Å². The second-order valence-electron chi connectivity index (χ2n) is 3.96. The summed E-state index contributed by atoms with van der Waals surface area (Å²) in [6.07, 6.45) is 5.91. The number of aromatic carboxylic acids is 1. The van der Waals surface area contributed by atoms with Gasteiger partial charge in [0.2, 0.25) is 0 Å². The Bertz CT molecular complexity index is 681. The summed E-state index contributed by atoms with van der Waals surface area (Å²) >= 11 is 0. The van der Waals surface area contributed by atoms with Gasteiger partial charge in [0, 0.05) is 28.6 Å². The quantitative estimate of drug-likeness (QED) is 0.369. The van der Waals surface area contributed by atoms with Gasteiger partial charge in [-0.3, -0.25) is 0 Å². The van der Waals surface area contributed by atoms with Gasteiger partial charge >= 0.3 is 5.97 Å². The standard InChI is InChI=1S/C13H12N4O2/c14-17-16-6-2-1-3-9-4-5-12-10(7-9)11(8-15-12)13(18)19/h1,3-5,7-8,15H,2,6H2,(H,18,19). The summed E-state index contributed by atoms with van der Waals surface area (Å²) in [5.41, 5.74) is 10.1. The summed E-state index contributed by atoms with van der Waals surface area (Å²) in [6.45, 7) is 0.416. The molecule has 0 spiro atoms. The number of azide groups is 1. The number of carbonyl (C=O) groups is 1. The number of aromatic nitrogens is 1. The molecular formula is C13H12N4O2. The molecule has 0 aliphatic carbocycles. The number of aromatic amines is 1. The average molecular weight is 256 g/mol. The lowest BCUT2D eigenvalue weighted by molar-refractivity contribution is 0.0699. The molecule has 0 radical (unpaired) electrons. The summed E-state index contributed by atoms with van der Waals surface area (Å²) in [5, 5.41) is 13.2. The van der Waals surface area contributed by atoms with Gasteiger partial charge in [-0.1, -0.05) is 23.3 Å². The van der Waals surface area contributed by atoms with Crippen molar-refractivity contribution in [3.05, 3.63) is 52.0 Å². The SMILES string of the molecule is [N-]=[N+]=NCCC=Cc1ccc2[nH]cc(C(=O)O)c2c1. The fourth-order valence-corrected chi connectivity index (χ4v) is 1.82. The number of benzene rings is 1. The Morgan fingerprint density at radius 3 is 3.11 bits per heavy atom. The van der Waals surface area contributed by atoms with Crippen LogP contribution < -0.4 is 0 Å². The molecule has 2 rings (SSSR count). The average Bonchev–Trinajstić information content (AvgIpc) is 2.81. The van der Waals surface area contributed by atoms with Gasteiger partial charge in [-0.15, -0.1) is 0 Å². The van der Waals surface area contributed by atoms with Crippen molar-refractivity contribution in [2.45, 2.75) is 6.42 Å². The van der Waals surface area contributed by atoms with Crippen LogP contribution in [0, 0.1) is 0 Å². The summed E-state index contributed by atoms with van der Waals surface area (Å²) < 4.78 is 0. The molecule has 0 aliphatic rings. The van der Waals surface area contributed by atoms with Gasteiger partial charge in [0.05, 0.1) is 5.56 Å². The van der Waals surface area contributed by atoms with Gasteiger partial charge in [-0.05, 0) is 29.6 Å². The van der Waals surface area contributed by atoms with E-state index in [1.165, 1.54) is 6.20 Å². The van der Waals surface area contributed by atoms with E-state index in [4.69, 9.17) is 10.6 Å². The molecule has 1 aromatic carbocycles. The minimum absolute atomic E-state index is 0.263. The molecule has 0 fully saturated rings. The lowest BCUT2D eigenvalue weighted by Gasteiger charge is -1.96. The normalized spacial score (nSPS) is 10.7. The van der Waals surface area contributed by atoms with Crippen molar-refractivity contribution in [1.29, 1.82) is 0 Å².